The second kappa shape index (κ2) is 14.2. The second-order valence-corrected chi connectivity index (χ2v) is 10.8. The Labute approximate surface area is 221 Å². The van der Waals surface area contributed by atoms with Crippen LogP contribution in [0.15, 0.2) is 0 Å². The maximum absolute atomic E-state index is 13.0. The summed E-state index contributed by atoms with van der Waals surface area (Å²) < 4.78 is 10.9. The van der Waals surface area contributed by atoms with Crippen molar-refractivity contribution in [3.05, 3.63) is 16.0 Å². The van der Waals surface area contributed by atoms with Crippen LogP contribution in [0.3, 0.4) is 0 Å². The van der Waals surface area contributed by atoms with Crippen LogP contribution in [0.5, 0.6) is 0 Å². The smallest absolute Gasteiger partial charge is 0.251 e. The second-order valence-electron chi connectivity index (χ2n) is 9.68. The molecule has 0 saturated carbocycles. The van der Waals surface area contributed by atoms with E-state index in [1.54, 1.807) is 4.90 Å². The van der Waals surface area contributed by atoms with Gasteiger partial charge in [0.15, 0.2) is 0 Å². The van der Waals surface area contributed by atoms with Gasteiger partial charge in [0.2, 0.25) is 11.8 Å². The fraction of sp³-hybridized carbons (Fsp3) is 0.720. The molecule has 0 unspecified atom stereocenters. The number of thiophene rings is 1. The van der Waals surface area contributed by atoms with Gasteiger partial charge in [-0.25, -0.2) is 0 Å². The highest BCUT2D eigenvalue weighted by atomic mass is 32.1. The Morgan fingerprint density at radius 3 is 2.59 bits per heavy atom. The summed E-state index contributed by atoms with van der Waals surface area (Å²) in [4.78, 5) is 42.0. The molecule has 37 heavy (non-hydrogen) atoms. The number of carbonyl (C=O) groups excluding carboxylic acids is 3. The van der Waals surface area contributed by atoms with E-state index in [0.717, 1.165) is 42.5 Å². The molecule has 5 N–H and O–H groups in total. The molecule has 2 aliphatic rings. The molecule has 1 aromatic rings. The lowest BCUT2D eigenvalue weighted by atomic mass is 10.1. The van der Waals surface area contributed by atoms with Crippen LogP contribution in [-0.2, 0) is 31.9 Å². The molecular formula is C25H40N4O7S. The van der Waals surface area contributed by atoms with Gasteiger partial charge in [-0.1, -0.05) is 0 Å². The molecule has 1 fully saturated rings. The normalized spacial score (nSPS) is 24.6. The van der Waals surface area contributed by atoms with Gasteiger partial charge in [-0.3, -0.25) is 19.3 Å². The zero-order chi connectivity index (χ0) is 26.9. The number of nitrogens with zero attached hydrogens (tertiary/aromatic N) is 2. The van der Waals surface area contributed by atoms with Crippen molar-refractivity contribution in [2.24, 2.45) is 5.73 Å². The third-order valence-electron chi connectivity index (χ3n) is 6.92. The molecule has 0 bridgehead atoms. The first-order chi connectivity index (χ1) is 17.7. The SMILES string of the molecule is CO[C@H]1CN(C(C)=O)CCCN(CC(=O)Nc2sc3c(c2C(N)=O)CCC3)CCCCOC[C@H](O)[C@@H]1O. The highest BCUT2D eigenvalue weighted by molar-refractivity contribution is 7.17. The van der Waals surface area contributed by atoms with Crippen LogP contribution in [0.1, 0.15) is 53.4 Å². The van der Waals surface area contributed by atoms with Gasteiger partial charge in [0.1, 0.15) is 23.3 Å². The van der Waals surface area contributed by atoms with Crippen molar-refractivity contribution in [1.29, 1.82) is 0 Å². The number of hydrogen-bond acceptors (Lipinski definition) is 9. The Kier molecular flexibility index (Phi) is 11.3. The van der Waals surface area contributed by atoms with Gasteiger partial charge >= 0.3 is 0 Å². The number of amides is 3. The average molecular weight is 541 g/mol. The molecule has 2 heterocycles. The highest BCUT2D eigenvalue weighted by Crippen LogP contribution is 2.38. The first-order valence-electron chi connectivity index (χ1n) is 12.9. The first-order valence-corrected chi connectivity index (χ1v) is 13.7. The largest absolute Gasteiger partial charge is 0.388 e. The maximum atomic E-state index is 13.0. The fourth-order valence-corrected chi connectivity index (χ4v) is 6.19. The van der Waals surface area contributed by atoms with Gasteiger partial charge < -0.3 is 35.6 Å². The van der Waals surface area contributed by atoms with Gasteiger partial charge in [0.05, 0.1) is 18.7 Å². The minimum Gasteiger partial charge on any atom is -0.388 e. The summed E-state index contributed by atoms with van der Waals surface area (Å²) in [6.07, 6.45) is 1.70. The number of aliphatic hydroxyl groups is 2. The zero-order valence-electron chi connectivity index (χ0n) is 21.7. The van der Waals surface area contributed by atoms with Crippen LogP contribution in [0.25, 0.3) is 0 Å². The number of aliphatic hydroxyl groups excluding tert-OH is 2. The fourth-order valence-electron chi connectivity index (χ4n) is 4.88. The van der Waals surface area contributed by atoms with E-state index in [0.29, 0.717) is 43.2 Å². The number of carbonyl (C=O) groups is 3. The molecule has 0 aromatic carbocycles. The summed E-state index contributed by atoms with van der Waals surface area (Å²) >= 11 is 1.43. The minimum absolute atomic E-state index is 0.0415. The number of nitrogens with two attached hydrogens (primary N) is 1. The maximum Gasteiger partial charge on any atom is 0.251 e. The van der Waals surface area contributed by atoms with Gasteiger partial charge in [0.25, 0.3) is 5.91 Å². The molecular weight excluding hydrogens is 500 g/mol. The minimum atomic E-state index is -1.19. The van der Waals surface area contributed by atoms with Crippen LogP contribution in [0.2, 0.25) is 0 Å². The lowest BCUT2D eigenvalue weighted by molar-refractivity contribution is -0.136. The Balaban J connectivity index is 1.65. The summed E-state index contributed by atoms with van der Waals surface area (Å²) in [5, 5.41) is 24.2. The number of anilines is 1. The third-order valence-corrected chi connectivity index (χ3v) is 8.12. The number of fused-ring (bicyclic) bond motifs is 1. The number of aryl methyl sites for hydroxylation is 1. The average Bonchev–Trinajstić information content (AvgIpc) is 3.42. The first kappa shape index (κ1) is 29.5. The third kappa shape index (κ3) is 8.20. The molecule has 11 nitrogen and oxygen atoms in total. The molecule has 1 aliphatic heterocycles. The topological polar surface area (TPSA) is 155 Å². The molecule has 3 amide bonds. The van der Waals surface area contributed by atoms with Crippen LogP contribution in [0.4, 0.5) is 5.00 Å². The van der Waals surface area contributed by atoms with Crippen LogP contribution in [0, 0.1) is 0 Å². The van der Waals surface area contributed by atoms with Crippen molar-refractivity contribution >= 4 is 34.1 Å². The lowest BCUT2D eigenvalue weighted by Crippen LogP contribution is -2.48. The Hall–Kier alpha value is -2.09. The molecule has 0 spiro atoms. The van der Waals surface area contributed by atoms with E-state index in [1.807, 2.05) is 4.90 Å². The summed E-state index contributed by atoms with van der Waals surface area (Å²) in [5.41, 5.74) is 7.03. The van der Waals surface area contributed by atoms with E-state index >= 15 is 0 Å². The van der Waals surface area contributed by atoms with Crippen LogP contribution >= 0.6 is 11.3 Å². The molecule has 12 heteroatoms. The summed E-state index contributed by atoms with van der Waals surface area (Å²) in [5.74, 6) is -0.901. The van der Waals surface area contributed by atoms with Crippen molar-refractivity contribution in [3.63, 3.8) is 0 Å². The molecule has 1 aliphatic carbocycles. The van der Waals surface area contributed by atoms with Gasteiger partial charge in [0, 0.05) is 45.2 Å². The van der Waals surface area contributed by atoms with E-state index in [4.69, 9.17) is 15.2 Å². The number of primary amides is 1. The van der Waals surface area contributed by atoms with Crippen molar-refractivity contribution in [1.82, 2.24) is 9.80 Å². The standard InChI is InChI=1S/C25H40N4O7S/c1-16(30)29-11-6-10-28(9-3-4-12-36-15-18(31)23(33)19(13-29)35-2)14-21(32)27-25-22(24(26)34)17-7-5-8-20(17)37-25/h18-19,23,31,33H,3-15H2,1-2H3,(H2,26,34)(H,27,32)/t18-,19-,23-/m0/s1. The van der Waals surface area contributed by atoms with Crippen molar-refractivity contribution in [2.45, 2.75) is 63.8 Å². The van der Waals surface area contributed by atoms with Crippen LogP contribution < -0.4 is 11.1 Å². The van der Waals surface area contributed by atoms with Gasteiger partial charge in [-0.2, -0.15) is 0 Å². The number of methoxy groups -OCH3 is 1. The summed E-state index contributed by atoms with van der Waals surface area (Å²) in [6, 6.07) is 0. The highest BCUT2D eigenvalue weighted by Gasteiger charge is 2.30. The molecule has 208 valence electrons. The van der Waals surface area contributed by atoms with E-state index in [-0.39, 0.29) is 31.5 Å². The Morgan fingerprint density at radius 2 is 1.89 bits per heavy atom. The van der Waals surface area contributed by atoms with Crippen molar-refractivity contribution in [3.8, 4) is 0 Å². The predicted octanol–water partition coefficient (Wildman–Crippen LogP) is 0.362. The predicted molar refractivity (Wildman–Crippen MR) is 140 cm³/mol. The zero-order valence-corrected chi connectivity index (χ0v) is 22.6. The number of nitrogens with one attached hydrogen (secondary N) is 1. The number of hydrogen-bond donors (Lipinski definition) is 4. The molecule has 3 atom stereocenters. The van der Waals surface area contributed by atoms with E-state index in [9.17, 15) is 24.6 Å². The Morgan fingerprint density at radius 1 is 1.14 bits per heavy atom. The molecule has 1 saturated heterocycles. The lowest BCUT2D eigenvalue weighted by Gasteiger charge is -2.31. The summed E-state index contributed by atoms with van der Waals surface area (Å²) in [7, 11) is 1.43. The molecule has 1 aromatic heterocycles. The van der Waals surface area contributed by atoms with E-state index in [2.05, 4.69) is 5.32 Å². The quantitative estimate of drug-likeness (QED) is 0.417. The van der Waals surface area contributed by atoms with E-state index < -0.39 is 24.2 Å². The van der Waals surface area contributed by atoms with E-state index in [1.165, 1.54) is 25.4 Å². The Bertz CT molecular complexity index is 940. The summed E-state index contributed by atoms with van der Waals surface area (Å²) in [6.45, 7) is 3.72. The van der Waals surface area contributed by atoms with Crippen molar-refractivity contribution < 1.29 is 34.1 Å². The van der Waals surface area contributed by atoms with Gasteiger partial charge in [-0.05, 0) is 50.6 Å². The van der Waals surface area contributed by atoms with Gasteiger partial charge in [-0.15, -0.1) is 11.3 Å². The van der Waals surface area contributed by atoms with Crippen LogP contribution in [-0.4, -0.2) is 109 Å². The number of rotatable bonds is 5. The van der Waals surface area contributed by atoms with Crippen molar-refractivity contribution in [2.75, 3.05) is 58.4 Å². The number of ether oxygens (including phenoxy) is 2. The molecule has 3 rings (SSSR count). The molecule has 0 radical (unpaired) electrons. The monoisotopic (exact) mass is 540 g/mol.